The average Bonchev–Trinajstić information content (AvgIpc) is 2.92. The number of fused-ring (bicyclic) bond motifs is 1. The van der Waals surface area contributed by atoms with Gasteiger partial charge in [0.25, 0.3) is 5.91 Å². The minimum Gasteiger partial charge on any atom is -0.357 e. The zero-order valence-electron chi connectivity index (χ0n) is 14.1. The Hall–Kier alpha value is -2.82. The Morgan fingerprint density at radius 1 is 1.21 bits per heavy atom. The minimum atomic E-state index is -0.526. The lowest BCUT2D eigenvalue weighted by Crippen LogP contribution is -2.53. The second kappa shape index (κ2) is 5.67. The number of amides is 2. The number of benzene rings is 1. The number of carbonyl (C=O) groups excluding carboxylic acids is 2. The molecule has 3 N–H and O–H groups in total. The molecule has 0 unspecified atom stereocenters. The van der Waals surface area contributed by atoms with Crippen molar-refractivity contribution in [2.24, 2.45) is 0 Å². The van der Waals surface area contributed by atoms with Gasteiger partial charge in [-0.25, -0.2) is 0 Å². The van der Waals surface area contributed by atoms with Gasteiger partial charge in [0.15, 0.2) is 0 Å². The van der Waals surface area contributed by atoms with Gasteiger partial charge in [-0.1, -0.05) is 38.1 Å². The standard InChI is InChI=1S/C19H21N3O2/c1-5-19(3,4)16-13(12-8-6-7-9-14(12)21-16)10-15-18(24)20-11(2)17(23)22-15/h5-11,21H,1H2,2-4H3,(H,20,24)(H,22,23)/t11-/m1/s1. The molecule has 24 heavy (non-hydrogen) atoms. The van der Waals surface area contributed by atoms with Crippen molar-refractivity contribution in [2.45, 2.75) is 32.2 Å². The first-order chi connectivity index (χ1) is 11.3. The molecule has 0 aliphatic carbocycles. The van der Waals surface area contributed by atoms with Crippen LogP contribution < -0.4 is 10.6 Å². The molecule has 1 fully saturated rings. The fraction of sp³-hybridized carbons (Fsp3) is 0.263. The van der Waals surface area contributed by atoms with Gasteiger partial charge in [0.1, 0.15) is 11.7 Å². The molecule has 2 amide bonds. The Morgan fingerprint density at radius 3 is 2.62 bits per heavy atom. The molecule has 0 spiro atoms. The summed E-state index contributed by atoms with van der Waals surface area (Å²) < 4.78 is 0. The number of aromatic nitrogens is 1. The van der Waals surface area contributed by atoms with E-state index in [0.717, 1.165) is 22.2 Å². The zero-order chi connectivity index (χ0) is 17.5. The number of hydrogen-bond acceptors (Lipinski definition) is 2. The minimum absolute atomic E-state index is 0.217. The van der Waals surface area contributed by atoms with Crippen LogP contribution in [0.4, 0.5) is 0 Å². The van der Waals surface area contributed by atoms with E-state index in [2.05, 4.69) is 22.2 Å². The summed E-state index contributed by atoms with van der Waals surface area (Å²) in [5.74, 6) is -0.500. The van der Waals surface area contributed by atoms with Crippen molar-refractivity contribution in [3.8, 4) is 0 Å². The summed E-state index contributed by atoms with van der Waals surface area (Å²) >= 11 is 0. The first kappa shape index (κ1) is 16.1. The molecule has 0 bridgehead atoms. The second-order valence-electron chi connectivity index (χ2n) is 6.63. The van der Waals surface area contributed by atoms with Gasteiger partial charge in [-0.15, -0.1) is 6.58 Å². The van der Waals surface area contributed by atoms with E-state index in [-0.39, 0.29) is 22.9 Å². The maximum atomic E-state index is 12.2. The van der Waals surface area contributed by atoms with Gasteiger partial charge in [-0.2, -0.15) is 0 Å². The van der Waals surface area contributed by atoms with Gasteiger partial charge in [-0.3, -0.25) is 9.59 Å². The number of aromatic amines is 1. The molecule has 1 aromatic heterocycles. The van der Waals surface area contributed by atoms with Crippen LogP contribution in [0, 0.1) is 0 Å². The average molecular weight is 323 g/mol. The Balaban J connectivity index is 2.20. The molecule has 1 saturated heterocycles. The molecule has 5 nitrogen and oxygen atoms in total. The van der Waals surface area contributed by atoms with Gasteiger partial charge >= 0.3 is 0 Å². The summed E-state index contributed by atoms with van der Waals surface area (Å²) in [6.45, 7) is 9.67. The molecule has 1 atom stereocenters. The van der Waals surface area contributed by atoms with Gasteiger partial charge in [0.05, 0.1) is 0 Å². The van der Waals surface area contributed by atoms with Crippen LogP contribution in [0.2, 0.25) is 0 Å². The van der Waals surface area contributed by atoms with Crippen molar-refractivity contribution in [1.82, 2.24) is 15.6 Å². The Bertz CT molecular complexity index is 874. The summed E-state index contributed by atoms with van der Waals surface area (Å²) in [6.07, 6.45) is 3.60. The summed E-state index contributed by atoms with van der Waals surface area (Å²) in [4.78, 5) is 27.5. The van der Waals surface area contributed by atoms with E-state index < -0.39 is 6.04 Å². The molecule has 3 rings (SSSR count). The molecular formula is C19H21N3O2. The lowest BCUT2D eigenvalue weighted by molar-refractivity contribution is -0.130. The maximum absolute atomic E-state index is 12.2. The Labute approximate surface area is 140 Å². The van der Waals surface area contributed by atoms with E-state index in [1.807, 2.05) is 44.2 Å². The third-order valence-corrected chi connectivity index (χ3v) is 4.43. The molecular weight excluding hydrogens is 302 g/mol. The van der Waals surface area contributed by atoms with E-state index >= 15 is 0 Å². The Morgan fingerprint density at radius 2 is 1.92 bits per heavy atom. The van der Waals surface area contributed by atoms with Gasteiger partial charge in [0, 0.05) is 27.6 Å². The van der Waals surface area contributed by atoms with Crippen LogP contribution in [0.1, 0.15) is 32.0 Å². The van der Waals surface area contributed by atoms with Crippen LogP contribution in [0.15, 0.2) is 42.6 Å². The molecule has 1 aromatic carbocycles. The number of nitrogens with one attached hydrogen (secondary N) is 3. The third kappa shape index (κ3) is 2.62. The smallest absolute Gasteiger partial charge is 0.268 e. The van der Waals surface area contributed by atoms with Crippen LogP contribution in [-0.2, 0) is 15.0 Å². The van der Waals surface area contributed by atoms with Crippen molar-refractivity contribution in [3.05, 3.63) is 53.9 Å². The monoisotopic (exact) mass is 323 g/mol. The Kier molecular flexibility index (Phi) is 3.79. The SMILES string of the molecule is C=CC(C)(C)c1[nH]c2ccccc2c1C=C1NC(=O)[C@@H](C)NC1=O. The number of rotatable bonds is 3. The first-order valence-corrected chi connectivity index (χ1v) is 7.91. The fourth-order valence-electron chi connectivity index (χ4n) is 2.81. The van der Waals surface area contributed by atoms with E-state index in [1.54, 1.807) is 13.0 Å². The molecule has 5 heteroatoms. The highest BCUT2D eigenvalue weighted by Gasteiger charge is 2.28. The predicted molar refractivity (Wildman–Crippen MR) is 95.2 cm³/mol. The van der Waals surface area contributed by atoms with Crippen LogP contribution in [0.25, 0.3) is 17.0 Å². The van der Waals surface area contributed by atoms with E-state index in [1.165, 1.54) is 0 Å². The van der Waals surface area contributed by atoms with Crippen LogP contribution >= 0.6 is 0 Å². The van der Waals surface area contributed by atoms with Crippen molar-refractivity contribution in [1.29, 1.82) is 0 Å². The van der Waals surface area contributed by atoms with Gasteiger partial charge in [-0.05, 0) is 19.1 Å². The zero-order valence-corrected chi connectivity index (χ0v) is 14.1. The molecule has 0 radical (unpaired) electrons. The fourth-order valence-corrected chi connectivity index (χ4v) is 2.81. The largest absolute Gasteiger partial charge is 0.357 e. The maximum Gasteiger partial charge on any atom is 0.268 e. The van der Waals surface area contributed by atoms with Crippen molar-refractivity contribution in [2.75, 3.05) is 0 Å². The van der Waals surface area contributed by atoms with Gasteiger partial charge in [0.2, 0.25) is 5.91 Å². The number of para-hydroxylation sites is 1. The van der Waals surface area contributed by atoms with Crippen LogP contribution in [0.3, 0.4) is 0 Å². The van der Waals surface area contributed by atoms with Crippen molar-refractivity contribution < 1.29 is 9.59 Å². The summed E-state index contributed by atoms with van der Waals surface area (Å²) in [7, 11) is 0. The molecule has 2 aromatic rings. The number of allylic oxidation sites excluding steroid dienone is 1. The second-order valence-corrected chi connectivity index (χ2v) is 6.63. The van der Waals surface area contributed by atoms with Crippen molar-refractivity contribution >= 4 is 28.8 Å². The summed E-state index contributed by atoms with van der Waals surface area (Å²) in [5.41, 5.74) is 2.75. The highest BCUT2D eigenvalue weighted by atomic mass is 16.2. The molecule has 1 aliphatic heterocycles. The molecule has 2 heterocycles. The van der Waals surface area contributed by atoms with Gasteiger partial charge < -0.3 is 15.6 Å². The number of carbonyl (C=O) groups is 2. The summed E-state index contributed by atoms with van der Waals surface area (Å²) in [6, 6.07) is 7.36. The van der Waals surface area contributed by atoms with Crippen molar-refractivity contribution in [3.63, 3.8) is 0 Å². The number of hydrogen-bond donors (Lipinski definition) is 3. The highest BCUT2D eigenvalue weighted by molar-refractivity contribution is 6.08. The summed E-state index contributed by atoms with van der Waals surface area (Å²) in [5, 5.41) is 6.34. The molecule has 0 saturated carbocycles. The number of H-pyrrole nitrogens is 1. The first-order valence-electron chi connectivity index (χ1n) is 7.91. The quantitative estimate of drug-likeness (QED) is 0.600. The lowest BCUT2D eigenvalue weighted by atomic mass is 9.86. The van der Waals surface area contributed by atoms with Crippen LogP contribution in [-0.4, -0.2) is 22.8 Å². The predicted octanol–water partition coefficient (Wildman–Crippen LogP) is 2.61. The van der Waals surface area contributed by atoms with E-state index in [4.69, 9.17) is 0 Å². The normalized spacial score (nSPS) is 20.1. The molecule has 1 aliphatic rings. The highest BCUT2D eigenvalue weighted by Crippen LogP contribution is 2.33. The van der Waals surface area contributed by atoms with E-state index in [0.29, 0.717) is 0 Å². The lowest BCUT2D eigenvalue weighted by Gasteiger charge is -2.23. The molecule has 124 valence electrons. The van der Waals surface area contributed by atoms with Crippen LogP contribution in [0.5, 0.6) is 0 Å². The topological polar surface area (TPSA) is 74.0 Å². The third-order valence-electron chi connectivity index (χ3n) is 4.43. The number of piperazine rings is 1. The van der Waals surface area contributed by atoms with E-state index in [9.17, 15) is 9.59 Å².